The summed E-state index contributed by atoms with van der Waals surface area (Å²) < 4.78 is 27.7. The fourth-order valence-corrected chi connectivity index (χ4v) is 4.75. The molecule has 2 fully saturated rings. The van der Waals surface area contributed by atoms with Crippen molar-refractivity contribution in [3.63, 3.8) is 0 Å². The molecule has 136 valence electrons. The van der Waals surface area contributed by atoms with Crippen LogP contribution in [0.2, 0.25) is 0 Å². The zero-order valence-electron chi connectivity index (χ0n) is 14.7. The van der Waals surface area contributed by atoms with E-state index in [1.807, 2.05) is 6.20 Å². The van der Waals surface area contributed by atoms with Crippen molar-refractivity contribution in [1.29, 1.82) is 0 Å². The second-order valence-electron chi connectivity index (χ2n) is 7.60. The first-order valence-electron chi connectivity index (χ1n) is 9.50. The van der Waals surface area contributed by atoms with E-state index in [1.54, 1.807) is 12.1 Å². The van der Waals surface area contributed by atoms with E-state index in [2.05, 4.69) is 14.8 Å². The van der Waals surface area contributed by atoms with E-state index in [-0.39, 0.29) is 6.04 Å². The molecule has 5 rings (SSSR count). The maximum atomic E-state index is 14.1. The third-order valence-electron chi connectivity index (χ3n) is 6.09. The highest BCUT2D eigenvalue weighted by Crippen LogP contribution is 2.44. The molecule has 0 saturated carbocycles. The fourth-order valence-electron chi connectivity index (χ4n) is 4.75. The summed E-state index contributed by atoms with van der Waals surface area (Å²) in [6.07, 6.45) is 7.35. The average molecular weight is 356 g/mol. The summed E-state index contributed by atoms with van der Waals surface area (Å²) in [4.78, 5) is 14.0. The highest BCUT2D eigenvalue weighted by atomic mass is 19.2. The minimum absolute atomic E-state index is 0.207. The molecule has 2 saturated heterocycles. The molecule has 0 aliphatic carbocycles. The maximum Gasteiger partial charge on any atom is 0.225 e. The molecular formula is C20H22F2N4. The Morgan fingerprint density at radius 3 is 2.81 bits per heavy atom. The van der Waals surface area contributed by atoms with Crippen LogP contribution in [0.15, 0.2) is 24.4 Å². The first kappa shape index (κ1) is 16.1. The zero-order valence-corrected chi connectivity index (χ0v) is 14.7. The lowest BCUT2D eigenvalue weighted by atomic mass is 9.98. The van der Waals surface area contributed by atoms with Crippen LogP contribution in [0.3, 0.4) is 0 Å². The van der Waals surface area contributed by atoms with Crippen molar-refractivity contribution in [2.45, 2.75) is 50.7 Å². The van der Waals surface area contributed by atoms with E-state index >= 15 is 0 Å². The molecule has 2 bridgehead atoms. The Morgan fingerprint density at radius 1 is 1.12 bits per heavy atom. The van der Waals surface area contributed by atoms with Crippen molar-refractivity contribution < 1.29 is 8.78 Å². The predicted molar refractivity (Wildman–Crippen MR) is 94.8 cm³/mol. The second kappa shape index (κ2) is 6.27. The number of benzene rings is 1. The Bertz CT molecular complexity index is 835. The largest absolute Gasteiger partial charge is 0.341 e. The Labute approximate surface area is 151 Å². The van der Waals surface area contributed by atoms with Crippen molar-refractivity contribution in [3.8, 4) is 0 Å². The van der Waals surface area contributed by atoms with Gasteiger partial charge in [0, 0.05) is 55.5 Å². The Balaban J connectivity index is 1.43. The summed E-state index contributed by atoms with van der Waals surface area (Å²) in [5.41, 5.74) is 2.74. The number of hydrogen-bond acceptors (Lipinski definition) is 4. The molecule has 0 N–H and O–H groups in total. The van der Waals surface area contributed by atoms with Gasteiger partial charge in [-0.25, -0.2) is 18.7 Å². The summed E-state index contributed by atoms with van der Waals surface area (Å²) in [5, 5.41) is 0. The lowest BCUT2D eigenvalue weighted by Crippen LogP contribution is -2.38. The van der Waals surface area contributed by atoms with E-state index in [9.17, 15) is 8.78 Å². The third-order valence-corrected chi connectivity index (χ3v) is 6.09. The van der Waals surface area contributed by atoms with Crippen LogP contribution < -0.4 is 4.90 Å². The second-order valence-corrected chi connectivity index (χ2v) is 7.60. The van der Waals surface area contributed by atoms with E-state index < -0.39 is 11.6 Å². The SMILES string of the molecule is Fc1cccc(CN2[C@@H]3CC[C@@H]2c2cnc(N4CCCC4)nc2C3)c1F. The molecule has 1 aromatic carbocycles. The standard InChI is InChI=1S/C20H22F2N4/c21-16-5-3-4-13(19(16)22)12-26-14-6-7-18(26)15-11-23-20(24-17(15)10-14)25-8-1-2-9-25/h3-5,11,14,18H,1-2,6-10,12H2/t14-,18-/m1/s1. The third kappa shape index (κ3) is 2.58. The Morgan fingerprint density at radius 2 is 1.96 bits per heavy atom. The molecule has 26 heavy (non-hydrogen) atoms. The highest BCUT2D eigenvalue weighted by molar-refractivity contribution is 5.38. The van der Waals surface area contributed by atoms with Crippen LogP contribution in [-0.4, -0.2) is 34.0 Å². The molecule has 4 heterocycles. The van der Waals surface area contributed by atoms with Crippen LogP contribution in [0.25, 0.3) is 0 Å². The molecule has 3 aliphatic heterocycles. The van der Waals surface area contributed by atoms with Crippen LogP contribution >= 0.6 is 0 Å². The van der Waals surface area contributed by atoms with Gasteiger partial charge in [0.15, 0.2) is 11.6 Å². The van der Waals surface area contributed by atoms with Crippen LogP contribution in [0.4, 0.5) is 14.7 Å². The minimum atomic E-state index is -0.772. The average Bonchev–Trinajstić information content (AvgIpc) is 3.27. The van der Waals surface area contributed by atoms with E-state index in [0.717, 1.165) is 44.0 Å². The van der Waals surface area contributed by atoms with Gasteiger partial charge in [-0.3, -0.25) is 4.90 Å². The van der Waals surface area contributed by atoms with Crippen LogP contribution in [0.1, 0.15) is 48.5 Å². The molecule has 0 amide bonds. The molecule has 6 heteroatoms. The van der Waals surface area contributed by atoms with Gasteiger partial charge in [-0.1, -0.05) is 12.1 Å². The summed E-state index contributed by atoms with van der Waals surface area (Å²) in [6.45, 7) is 2.51. The first-order valence-corrected chi connectivity index (χ1v) is 9.50. The summed E-state index contributed by atoms with van der Waals surface area (Å²) in [5.74, 6) is -0.644. The van der Waals surface area contributed by atoms with Crippen LogP contribution in [-0.2, 0) is 13.0 Å². The molecular weight excluding hydrogens is 334 g/mol. The molecule has 4 nitrogen and oxygen atoms in total. The molecule has 3 aliphatic rings. The van der Waals surface area contributed by atoms with Gasteiger partial charge >= 0.3 is 0 Å². The monoisotopic (exact) mass is 356 g/mol. The number of hydrogen-bond donors (Lipinski definition) is 0. The fraction of sp³-hybridized carbons (Fsp3) is 0.500. The summed E-state index contributed by atoms with van der Waals surface area (Å²) >= 11 is 0. The highest BCUT2D eigenvalue weighted by Gasteiger charge is 2.41. The lowest BCUT2D eigenvalue weighted by Gasteiger charge is -2.36. The van der Waals surface area contributed by atoms with Crippen LogP contribution in [0.5, 0.6) is 0 Å². The molecule has 0 radical (unpaired) electrons. The number of anilines is 1. The van der Waals surface area contributed by atoms with Crippen molar-refractivity contribution in [2.24, 2.45) is 0 Å². The summed E-state index contributed by atoms with van der Waals surface area (Å²) in [7, 11) is 0. The minimum Gasteiger partial charge on any atom is -0.341 e. The van der Waals surface area contributed by atoms with Crippen molar-refractivity contribution in [1.82, 2.24) is 14.9 Å². The van der Waals surface area contributed by atoms with E-state index in [0.29, 0.717) is 18.2 Å². The summed E-state index contributed by atoms with van der Waals surface area (Å²) in [6, 6.07) is 4.99. The van der Waals surface area contributed by atoms with E-state index in [4.69, 9.17) is 4.98 Å². The number of halogens is 2. The number of rotatable bonds is 3. The van der Waals surface area contributed by atoms with Gasteiger partial charge in [-0.05, 0) is 31.7 Å². The van der Waals surface area contributed by atoms with Gasteiger partial charge in [-0.15, -0.1) is 0 Å². The topological polar surface area (TPSA) is 32.3 Å². The number of aromatic nitrogens is 2. The molecule has 2 atom stereocenters. The lowest BCUT2D eigenvalue weighted by molar-refractivity contribution is 0.163. The predicted octanol–water partition coefficient (Wildman–Crippen LogP) is 3.62. The Kier molecular flexibility index (Phi) is 3.89. The van der Waals surface area contributed by atoms with Gasteiger partial charge in [0.1, 0.15) is 0 Å². The zero-order chi connectivity index (χ0) is 17.7. The van der Waals surface area contributed by atoms with Crippen LogP contribution in [0, 0.1) is 11.6 Å². The molecule has 0 unspecified atom stereocenters. The molecule has 0 spiro atoms. The van der Waals surface area contributed by atoms with Gasteiger partial charge in [0.05, 0.1) is 5.69 Å². The molecule has 1 aromatic heterocycles. The van der Waals surface area contributed by atoms with E-state index in [1.165, 1.54) is 24.5 Å². The first-order chi connectivity index (χ1) is 12.7. The van der Waals surface area contributed by atoms with Gasteiger partial charge in [0.25, 0.3) is 0 Å². The number of nitrogens with zero attached hydrogens (tertiary/aromatic N) is 4. The van der Waals surface area contributed by atoms with Crippen molar-refractivity contribution >= 4 is 5.95 Å². The Hall–Kier alpha value is -2.08. The number of fused-ring (bicyclic) bond motifs is 4. The molecule has 2 aromatic rings. The quantitative estimate of drug-likeness (QED) is 0.841. The van der Waals surface area contributed by atoms with Gasteiger partial charge in [0.2, 0.25) is 5.95 Å². The van der Waals surface area contributed by atoms with Gasteiger partial charge < -0.3 is 4.90 Å². The normalized spacial score (nSPS) is 24.9. The van der Waals surface area contributed by atoms with Crippen molar-refractivity contribution in [3.05, 3.63) is 52.9 Å². The van der Waals surface area contributed by atoms with Crippen molar-refractivity contribution in [2.75, 3.05) is 18.0 Å². The van der Waals surface area contributed by atoms with Gasteiger partial charge in [-0.2, -0.15) is 0 Å². The maximum absolute atomic E-state index is 14.1. The smallest absolute Gasteiger partial charge is 0.225 e.